The monoisotopic (exact) mass is 475 g/mol. The fraction of sp³-hybridized carbons (Fsp3) is 0.192. The van der Waals surface area contributed by atoms with Crippen molar-refractivity contribution >= 4 is 34.3 Å². The van der Waals surface area contributed by atoms with Crippen molar-refractivity contribution in [1.29, 1.82) is 0 Å². The molecule has 0 aliphatic rings. The highest BCUT2D eigenvalue weighted by atomic mass is 32.2. The molecule has 0 bridgehead atoms. The molecule has 1 N–H and O–H groups in total. The van der Waals surface area contributed by atoms with Gasteiger partial charge in [-0.2, -0.15) is 0 Å². The van der Waals surface area contributed by atoms with Crippen molar-refractivity contribution in [2.24, 2.45) is 0 Å². The maximum Gasteiger partial charge on any atom is 0.262 e. The van der Waals surface area contributed by atoms with E-state index in [4.69, 9.17) is 9.47 Å². The van der Waals surface area contributed by atoms with E-state index < -0.39 is 0 Å². The normalized spacial score (nSPS) is 10.8. The van der Waals surface area contributed by atoms with Crippen molar-refractivity contribution in [2.75, 3.05) is 25.3 Å². The molecule has 34 heavy (non-hydrogen) atoms. The number of aromatic nitrogens is 2. The predicted molar refractivity (Wildman–Crippen MR) is 135 cm³/mol. The smallest absolute Gasteiger partial charge is 0.262 e. The first-order valence-electron chi connectivity index (χ1n) is 10.7. The van der Waals surface area contributed by atoms with Crippen LogP contribution in [0.5, 0.6) is 11.5 Å². The Morgan fingerprint density at radius 2 is 1.79 bits per heavy atom. The highest BCUT2D eigenvalue weighted by molar-refractivity contribution is 7.99. The number of nitrogens with zero attached hydrogens (tertiary/aromatic N) is 2. The zero-order chi connectivity index (χ0) is 24.1. The van der Waals surface area contributed by atoms with E-state index in [-0.39, 0.29) is 17.2 Å². The van der Waals surface area contributed by atoms with Crippen LogP contribution in [0.3, 0.4) is 0 Å². The standard InChI is InChI=1S/C26H25N3O4S/c1-17-8-13-23(33-3)22(14-17)27-24(30)16-34-26-28-21-7-5-4-6-20(21)25(31)29(26)15-18-9-11-19(32-2)12-10-18/h4-14H,15-16H2,1-3H3,(H,27,30). The van der Waals surface area contributed by atoms with Gasteiger partial charge in [0.25, 0.3) is 5.56 Å². The maximum absolute atomic E-state index is 13.3. The van der Waals surface area contributed by atoms with Gasteiger partial charge in [-0.15, -0.1) is 0 Å². The zero-order valence-corrected chi connectivity index (χ0v) is 20.0. The van der Waals surface area contributed by atoms with Crippen LogP contribution in [-0.2, 0) is 11.3 Å². The number of aryl methyl sites for hydroxylation is 1. The average Bonchev–Trinajstić information content (AvgIpc) is 2.85. The third kappa shape index (κ3) is 5.23. The lowest BCUT2D eigenvalue weighted by atomic mass is 10.2. The number of thioether (sulfide) groups is 1. The largest absolute Gasteiger partial charge is 0.497 e. The second-order valence-electron chi connectivity index (χ2n) is 7.69. The minimum Gasteiger partial charge on any atom is -0.497 e. The molecule has 4 rings (SSSR count). The Hall–Kier alpha value is -3.78. The van der Waals surface area contributed by atoms with Crippen LogP contribution < -0.4 is 20.3 Å². The molecular weight excluding hydrogens is 450 g/mol. The molecule has 1 aromatic heterocycles. The van der Waals surface area contributed by atoms with Crippen molar-refractivity contribution in [1.82, 2.24) is 9.55 Å². The average molecular weight is 476 g/mol. The van der Waals surface area contributed by atoms with Gasteiger partial charge in [0.15, 0.2) is 5.16 Å². The zero-order valence-electron chi connectivity index (χ0n) is 19.2. The van der Waals surface area contributed by atoms with Crippen LogP contribution in [-0.4, -0.2) is 35.4 Å². The molecule has 4 aromatic rings. The van der Waals surface area contributed by atoms with Crippen molar-refractivity contribution in [2.45, 2.75) is 18.6 Å². The second kappa shape index (κ2) is 10.4. The molecule has 0 saturated carbocycles. The predicted octanol–water partition coefficient (Wildman–Crippen LogP) is 4.50. The molecule has 8 heteroatoms. The number of nitrogens with one attached hydrogen (secondary N) is 1. The van der Waals surface area contributed by atoms with Gasteiger partial charge in [-0.25, -0.2) is 4.98 Å². The van der Waals surface area contributed by atoms with Gasteiger partial charge >= 0.3 is 0 Å². The Bertz CT molecular complexity index is 1380. The van der Waals surface area contributed by atoms with Crippen molar-refractivity contribution in [3.63, 3.8) is 0 Å². The van der Waals surface area contributed by atoms with Gasteiger partial charge in [-0.3, -0.25) is 14.2 Å². The molecule has 3 aromatic carbocycles. The van der Waals surface area contributed by atoms with Crippen molar-refractivity contribution in [3.05, 3.63) is 88.2 Å². The number of anilines is 1. The topological polar surface area (TPSA) is 82.4 Å². The summed E-state index contributed by atoms with van der Waals surface area (Å²) in [6.07, 6.45) is 0. The van der Waals surface area contributed by atoms with Gasteiger partial charge < -0.3 is 14.8 Å². The van der Waals surface area contributed by atoms with Crippen molar-refractivity contribution in [3.8, 4) is 11.5 Å². The summed E-state index contributed by atoms with van der Waals surface area (Å²) in [4.78, 5) is 30.7. The molecule has 174 valence electrons. The molecule has 0 spiro atoms. The maximum atomic E-state index is 13.3. The van der Waals surface area contributed by atoms with Gasteiger partial charge in [0.2, 0.25) is 5.91 Å². The van der Waals surface area contributed by atoms with E-state index in [1.165, 1.54) is 11.8 Å². The SMILES string of the molecule is COc1ccc(Cn2c(SCC(=O)Nc3cc(C)ccc3OC)nc3ccccc3c2=O)cc1. The number of rotatable bonds is 8. The Balaban J connectivity index is 1.60. The highest BCUT2D eigenvalue weighted by Gasteiger charge is 2.15. The number of ether oxygens (including phenoxy) is 2. The Morgan fingerprint density at radius 1 is 1.03 bits per heavy atom. The Morgan fingerprint density at radius 3 is 2.53 bits per heavy atom. The Labute approximate surface area is 201 Å². The number of fused-ring (bicyclic) bond motifs is 1. The second-order valence-corrected chi connectivity index (χ2v) is 8.63. The summed E-state index contributed by atoms with van der Waals surface area (Å²) in [6.45, 7) is 2.27. The first-order chi connectivity index (χ1) is 16.5. The van der Waals surface area contributed by atoms with E-state index in [9.17, 15) is 9.59 Å². The Kier molecular flexibility index (Phi) is 7.18. The molecule has 1 amide bonds. The third-order valence-electron chi connectivity index (χ3n) is 5.29. The fourth-order valence-corrected chi connectivity index (χ4v) is 4.35. The summed E-state index contributed by atoms with van der Waals surface area (Å²) in [5.41, 5.74) is 2.99. The summed E-state index contributed by atoms with van der Waals surface area (Å²) in [7, 11) is 3.17. The molecule has 1 heterocycles. The number of hydrogen-bond acceptors (Lipinski definition) is 6. The molecular formula is C26H25N3O4S. The minimum atomic E-state index is -0.215. The van der Waals surface area contributed by atoms with Crippen LogP contribution in [0, 0.1) is 6.92 Å². The summed E-state index contributed by atoms with van der Waals surface area (Å²) >= 11 is 1.22. The van der Waals surface area contributed by atoms with Crippen LogP contribution in [0.2, 0.25) is 0 Å². The first-order valence-corrected chi connectivity index (χ1v) is 11.7. The lowest BCUT2D eigenvalue weighted by Crippen LogP contribution is -2.25. The van der Waals surface area contributed by atoms with Gasteiger partial charge in [0.05, 0.1) is 43.1 Å². The lowest BCUT2D eigenvalue weighted by Gasteiger charge is -2.14. The molecule has 0 radical (unpaired) electrons. The highest BCUT2D eigenvalue weighted by Crippen LogP contribution is 2.26. The van der Waals surface area contributed by atoms with E-state index in [0.29, 0.717) is 34.0 Å². The van der Waals surface area contributed by atoms with Crippen LogP contribution in [0.25, 0.3) is 10.9 Å². The van der Waals surface area contributed by atoms with Gasteiger partial charge in [-0.05, 0) is 54.4 Å². The number of methoxy groups -OCH3 is 2. The van der Waals surface area contributed by atoms with Crippen LogP contribution in [0.15, 0.2) is 76.7 Å². The van der Waals surface area contributed by atoms with E-state index in [0.717, 1.165) is 16.9 Å². The van der Waals surface area contributed by atoms with E-state index >= 15 is 0 Å². The number of carbonyl (C=O) groups is 1. The van der Waals surface area contributed by atoms with E-state index in [1.54, 1.807) is 30.9 Å². The summed E-state index contributed by atoms with van der Waals surface area (Å²) < 4.78 is 12.2. The minimum absolute atomic E-state index is 0.0878. The molecule has 0 aliphatic heterocycles. The van der Waals surface area contributed by atoms with E-state index in [1.807, 2.05) is 61.5 Å². The molecule has 0 aliphatic carbocycles. The first kappa shape index (κ1) is 23.4. The van der Waals surface area contributed by atoms with E-state index in [2.05, 4.69) is 10.3 Å². The number of para-hydroxylation sites is 1. The van der Waals surface area contributed by atoms with Crippen LogP contribution in [0.1, 0.15) is 11.1 Å². The van der Waals surface area contributed by atoms with Crippen molar-refractivity contribution < 1.29 is 14.3 Å². The summed E-state index contributed by atoms with van der Waals surface area (Å²) in [5.74, 6) is 1.20. The van der Waals surface area contributed by atoms with Gasteiger partial charge in [0, 0.05) is 0 Å². The third-order valence-corrected chi connectivity index (χ3v) is 6.26. The molecule has 0 unspecified atom stereocenters. The molecule has 0 atom stereocenters. The lowest BCUT2D eigenvalue weighted by molar-refractivity contribution is -0.113. The number of carbonyl (C=O) groups excluding carboxylic acids is 1. The van der Waals surface area contributed by atoms with Crippen LogP contribution in [0.4, 0.5) is 5.69 Å². The molecule has 0 fully saturated rings. The van der Waals surface area contributed by atoms with Crippen LogP contribution >= 0.6 is 11.8 Å². The summed E-state index contributed by atoms with van der Waals surface area (Å²) in [6, 6.07) is 20.3. The summed E-state index contributed by atoms with van der Waals surface area (Å²) in [5, 5.41) is 3.91. The molecule has 0 saturated heterocycles. The van der Waals surface area contributed by atoms with Gasteiger partial charge in [-0.1, -0.05) is 42.1 Å². The number of benzene rings is 3. The fourth-order valence-electron chi connectivity index (χ4n) is 3.55. The number of hydrogen-bond donors (Lipinski definition) is 1. The van der Waals surface area contributed by atoms with Gasteiger partial charge in [0.1, 0.15) is 11.5 Å². The molecule has 7 nitrogen and oxygen atoms in total. The number of amides is 1. The quantitative estimate of drug-likeness (QED) is 0.298.